The lowest BCUT2D eigenvalue weighted by molar-refractivity contribution is 0.432. The second-order valence-electron chi connectivity index (χ2n) is 3.85. The SMILES string of the molecule is CC(C)Cc1noc2ncc(N)cc12. The number of nitrogens with zero attached hydrogens (tertiary/aromatic N) is 2. The molecule has 14 heavy (non-hydrogen) atoms. The number of aromatic nitrogens is 2. The van der Waals surface area contributed by atoms with E-state index >= 15 is 0 Å². The van der Waals surface area contributed by atoms with Crippen molar-refractivity contribution in [2.24, 2.45) is 5.92 Å². The molecule has 0 saturated carbocycles. The zero-order valence-electron chi connectivity index (χ0n) is 8.32. The summed E-state index contributed by atoms with van der Waals surface area (Å²) in [5.41, 5.74) is 7.80. The Balaban J connectivity index is 2.50. The monoisotopic (exact) mass is 191 g/mol. The van der Waals surface area contributed by atoms with E-state index in [-0.39, 0.29) is 0 Å². The van der Waals surface area contributed by atoms with E-state index in [0.717, 1.165) is 17.5 Å². The highest BCUT2D eigenvalue weighted by Crippen LogP contribution is 2.20. The van der Waals surface area contributed by atoms with E-state index in [1.807, 2.05) is 6.07 Å². The van der Waals surface area contributed by atoms with E-state index in [4.69, 9.17) is 10.3 Å². The average molecular weight is 191 g/mol. The minimum Gasteiger partial charge on any atom is -0.397 e. The average Bonchev–Trinajstić information content (AvgIpc) is 2.47. The molecule has 2 N–H and O–H groups in total. The molecule has 0 aliphatic carbocycles. The molecule has 4 heteroatoms. The van der Waals surface area contributed by atoms with Gasteiger partial charge in [-0.3, -0.25) is 0 Å². The van der Waals surface area contributed by atoms with Crippen molar-refractivity contribution in [2.75, 3.05) is 5.73 Å². The first-order chi connectivity index (χ1) is 6.66. The first-order valence-corrected chi connectivity index (χ1v) is 4.66. The van der Waals surface area contributed by atoms with Crippen molar-refractivity contribution in [3.63, 3.8) is 0 Å². The summed E-state index contributed by atoms with van der Waals surface area (Å²) in [6.07, 6.45) is 2.46. The van der Waals surface area contributed by atoms with Gasteiger partial charge in [0.05, 0.1) is 23.0 Å². The number of rotatable bonds is 2. The molecule has 0 amide bonds. The maximum absolute atomic E-state index is 5.65. The fourth-order valence-electron chi connectivity index (χ4n) is 1.43. The molecule has 0 aromatic carbocycles. The second-order valence-corrected chi connectivity index (χ2v) is 3.85. The molecule has 2 rings (SSSR count). The quantitative estimate of drug-likeness (QED) is 0.788. The van der Waals surface area contributed by atoms with Gasteiger partial charge in [0.1, 0.15) is 0 Å². The van der Waals surface area contributed by atoms with Crippen LogP contribution in [0.4, 0.5) is 5.69 Å². The molecule has 0 radical (unpaired) electrons. The Kier molecular flexibility index (Phi) is 2.11. The van der Waals surface area contributed by atoms with Crippen LogP contribution >= 0.6 is 0 Å². The molecule has 0 unspecified atom stereocenters. The summed E-state index contributed by atoms with van der Waals surface area (Å²) in [5.74, 6) is 0.546. The van der Waals surface area contributed by atoms with Gasteiger partial charge in [0.25, 0.3) is 5.71 Å². The number of nitrogen functional groups attached to an aromatic ring is 1. The van der Waals surface area contributed by atoms with E-state index < -0.39 is 0 Å². The highest BCUT2D eigenvalue weighted by atomic mass is 16.5. The molecule has 4 nitrogen and oxygen atoms in total. The number of hydrogen-bond donors (Lipinski definition) is 1. The number of nitrogens with two attached hydrogens (primary N) is 1. The third kappa shape index (κ3) is 1.55. The van der Waals surface area contributed by atoms with Crippen molar-refractivity contribution in [1.82, 2.24) is 10.1 Å². The molecular weight excluding hydrogens is 178 g/mol. The van der Waals surface area contributed by atoms with Crippen LogP contribution in [0.1, 0.15) is 19.5 Å². The van der Waals surface area contributed by atoms with Crippen LogP contribution in [0.2, 0.25) is 0 Å². The lowest BCUT2D eigenvalue weighted by Gasteiger charge is -1.99. The van der Waals surface area contributed by atoms with Gasteiger partial charge in [-0.2, -0.15) is 0 Å². The lowest BCUT2D eigenvalue weighted by atomic mass is 10.1. The van der Waals surface area contributed by atoms with Crippen LogP contribution in [0.3, 0.4) is 0 Å². The van der Waals surface area contributed by atoms with E-state index in [9.17, 15) is 0 Å². The normalized spacial score (nSPS) is 11.4. The molecule has 0 saturated heterocycles. The maximum atomic E-state index is 5.65. The molecule has 0 spiro atoms. The van der Waals surface area contributed by atoms with Gasteiger partial charge in [-0.25, -0.2) is 4.98 Å². The number of anilines is 1. The van der Waals surface area contributed by atoms with Gasteiger partial charge in [0.2, 0.25) is 0 Å². The molecule has 74 valence electrons. The Morgan fingerprint density at radius 3 is 3.00 bits per heavy atom. The van der Waals surface area contributed by atoms with E-state index in [0.29, 0.717) is 17.3 Å². The minimum absolute atomic E-state index is 0.546. The smallest absolute Gasteiger partial charge is 0.258 e. The minimum atomic E-state index is 0.546. The van der Waals surface area contributed by atoms with Crippen LogP contribution < -0.4 is 5.73 Å². The Morgan fingerprint density at radius 1 is 1.50 bits per heavy atom. The van der Waals surface area contributed by atoms with Crippen molar-refractivity contribution in [3.05, 3.63) is 18.0 Å². The summed E-state index contributed by atoms with van der Waals surface area (Å²) in [4.78, 5) is 4.05. The second kappa shape index (κ2) is 3.29. The van der Waals surface area contributed by atoms with Gasteiger partial charge in [-0.1, -0.05) is 19.0 Å². The lowest BCUT2D eigenvalue weighted by Crippen LogP contribution is -1.95. The van der Waals surface area contributed by atoms with Gasteiger partial charge in [-0.05, 0) is 18.4 Å². The molecule has 0 fully saturated rings. The molecule has 0 aliphatic heterocycles. The predicted molar refractivity (Wildman–Crippen MR) is 54.8 cm³/mol. The van der Waals surface area contributed by atoms with Crippen molar-refractivity contribution in [3.8, 4) is 0 Å². The fourth-order valence-corrected chi connectivity index (χ4v) is 1.43. The third-order valence-corrected chi connectivity index (χ3v) is 2.03. The standard InChI is InChI=1S/C10H13N3O/c1-6(2)3-9-8-4-7(11)5-12-10(8)14-13-9/h4-6H,3,11H2,1-2H3. The van der Waals surface area contributed by atoms with Gasteiger partial charge in [0.15, 0.2) is 0 Å². The van der Waals surface area contributed by atoms with E-state index in [1.165, 1.54) is 0 Å². The van der Waals surface area contributed by atoms with Gasteiger partial charge < -0.3 is 10.3 Å². The van der Waals surface area contributed by atoms with Crippen molar-refractivity contribution in [1.29, 1.82) is 0 Å². The van der Waals surface area contributed by atoms with Crippen molar-refractivity contribution >= 4 is 16.8 Å². The summed E-state index contributed by atoms with van der Waals surface area (Å²) in [6.45, 7) is 4.28. The summed E-state index contributed by atoms with van der Waals surface area (Å²) in [5, 5.41) is 4.91. The topological polar surface area (TPSA) is 64.9 Å². The van der Waals surface area contributed by atoms with Crippen LogP contribution in [-0.2, 0) is 6.42 Å². The molecule has 2 heterocycles. The van der Waals surface area contributed by atoms with Crippen molar-refractivity contribution in [2.45, 2.75) is 20.3 Å². The van der Waals surface area contributed by atoms with Gasteiger partial charge in [0, 0.05) is 0 Å². The first kappa shape index (κ1) is 8.99. The number of hydrogen-bond acceptors (Lipinski definition) is 4. The fraction of sp³-hybridized carbons (Fsp3) is 0.400. The molecule has 0 atom stereocenters. The molecule has 2 aromatic heterocycles. The van der Waals surface area contributed by atoms with Crippen LogP contribution in [0, 0.1) is 5.92 Å². The highest BCUT2D eigenvalue weighted by molar-refractivity contribution is 5.78. The Hall–Kier alpha value is -1.58. The zero-order chi connectivity index (χ0) is 10.1. The first-order valence-electron chi connectivity index (χ1n) is 4.66. The molecule has 0 bridgehead atoms. The van der Waals surface area contributed by atoms with Crippen LogP contribution in [0.5, 0.6) is 0 Å². The summed E-state index contributed by atoms with van der Waals surface area (Å²) in [7, 11) is 0. The largest absolute Gasteiger partial charge is 0.397 e. The van der Waals surface area contributed by atoms with Gasteiger partial charge in [-0.15, -0.1) is 0 Å². The zero-order valence-corrected chi connectivity index (χ0v) is 8.32. The van der Waals surface area contributed by atoms with Crippen LogP contribution in [-0.4, -0.2) is 10.1 Å². The molecule has 0 aliphatic rings. The molecular formula is C10H13N3O. The highest BCUT2D eigenvalue weighted by Gasteiger charge is 2.10. The van der Waals surface area contributed by atoms with E-state index in [1.54, 1.807) is 6.20 Å². The van der Waals surface area contributed by atoms with Crippen LogP contribution in [0.15, 0.2) is 16.8 Å². The Bertz CT molecular complexity index is 448. The predicted octanol–water partition coefficient (Wildman–Crippen LogP) is 2.00. The van der Waals surface area contributed by atoms with Crippen LogP contribution in [0.25, 0.3) is 11.1 Å². The third-order valence-electron chi connectivity index (χ3n) is 2.03. The van der Waals surface area contributed by atoms with E-state index in [2.05, 4.69) is 24.0 Å². The summed E-state index contributed by atoms with van der Waals surface area (Å²) >= 11 is 0. The maximum Gasteiger partial charge on any atom is 0.258 e. The van der Waals surface area contributed by atoms with Crippen molar-refractivity contribution < 1.29 is 4.52 Å². The Labute approximate surface area is 82.1 Å². The summed E-state index contributed by atoms with van der Waals surface area (Å²) in [6, 6.07) is 1.86. The number of fused-ring (bicyclic) bond motifs is 1. The number of pyridine rings is 1. The molecule has 2 aromatic rings. The van der Waals surface area contributed by atoms with Gasteiger partial charge >= 0.3 is 0 Å². The summed E-state index contributed by atoms with van der Waals surface area (Å²) < 4.78 is 5.09. The Morgan fingerprint density at radius 2 is 2.29 bits per heavy atom.